The topological polar surface area (TPSA) is 49.5 Å². The monoisotopic (exact) mass is 228 g/mol. The second-order valence-electron chi connectivity index (χ2n) is 3.35. The van der Waals surface area contributed by atoms with Crippen LogP contribution in [0, 0.1) is 0 Å². The highest BCUT2D eigenvalue weighted by atomic mass is 32.1. The molecule has 1 rings (SSSR count). The van der Waals surface area contributed by atoms with Crippen molar-refractivity contribution < 1.29 is 18.3 Å². The minimum atomic E-state index is -4.57. The fraction of sp³-hybridized carbons (Fsp3) is 0.857. The van der Waals surface area contributed by atoms with Crippen LogP contribution in [0.2, 0.25) is 0 Å². The molecule has 3 N–H and O–H groups in total. The predicted molar refractivity (Wildman–Crippen MR) is 48.6 cm³/mol. The van der Waals surface area contributed by atoms with Crippen LogP contribution in [-0.4, -0.2) is 40.0 Å². The van der Waals surface area contributed by atoms with E-state index in [0.29, 0.717) is 0 Å². The maximum Gasteiger partial charge on any atom is 0.417 e. The molecule has 0 aromatic carbocycles. The molecule has 7 heteroatoms. The van der Waals surface area contributed by atoms with Crippen LogP contribution in [0.3, 0.4) is 0 Å². The minimum Gasteiger partial charge on any atom is -0.380 e. The van der Waals surface area contributed by atoms with Gasteiger partial charge in [0.25, 0.3) is 0 Å². The molecule has 1 saturated heterocycles. The lowest BCUT2D eigenvalue weighted by atomic mass is 9.91. The van der Waals surface area contributed by atoms with E-state index in [1.54, 1.807) is 0 Å². The first-order chi connectivity index (χ1) is 6.26. The largest absolute Gasteiger partial charge is 0.417 e. The number of rotatable bonds is 0. The maximum atomic E-state index is 12.3. The van der Waals surface area contributed by atoms with Crippen molar-refractivity contribution in [2.75, 3.05) is 13.1 Å². The first-order valence-corrected chi connectivity index (χ1v) is 4.50. The maximum absolute atomic E-state index is 12.3. The van der Waals surface area contributed by atoms with Gasteiger partial charge in [0.2, 0.25) is 0 Å². The number of alkyl halides is 3. The van der Waals surface area contributed by atoms with Crippen LogP contribution in [-0.2, 0) is 0 Å². The van der Waals surface area contributed by atoms with Crippen LogP contribution < -0.4 is 5.73 Å². The van der Waals surface area contributed by atoms with Crippen LogP contribution in [0.5, 0.6) is 0 Å². The average Bonchev–Trinajstić information content (AvgIpc) is 2.03. The standard InChI is InChI=1S/C7H11F3N2OS/c8-7(9,10)6(13)1-3-12(4-2-6)5(11)14/h13H,1-4H2,(H2,11,14). The SMILES string of the molecule is NC(=S)N1CCC(O)(C(F)(F)F)CC1. The number of thiocarbonyl (C=S) groups is 1. The van der Waals surface area contributed by atoms with Gasteiger partial charge in [0, 0.05) is 25.9 Å². The highest BCUT2D eigenvalue weighted by Gasteiger charge is 2.54. The third-order valence-electron chi connectivity index (χ3n) is 2.43. The summed E-state index contributed by atoms with van der Waals surface area (Å²) in [6.45, 7) is 0.0939. The van der Waals surface area contributed by atoms with Crippen molar-refractivity contribution >= 4 is 17.3 Å². The molecular formula is C7H11F3N2OS. The zero-order valence-electron chi connectivity index (χ0n) is 7.34. The molecule has 1 aliphatic heterocycles. The number of aliphatic hydroxyl groups is 1. The van der Waals surface area contributed by atoms with Gasteiger partial charge in [0.05, 0.1) is 0 Å². The Bertz CT molecular complexity index is 236. The second kappa shape index (κ2) is 3.54. The first kappa shape index (κ1) is 11.5. The van der Waals surface area contributed by atoms with Crippen molar-refractivity contribution in [1.29, 1.82) is 0 Å². The third kappa shape index (κ3) is 2.09. The zero-order valence-corrected chi connectivity index (χ0v) is 8.16. The molecule has 0 aromatic rings. The van der Waals surface area contributed by atoms with Gasteiger partial charge in [-0.1, -0.05) is 0 Å². The molecule has 0 bridgehead atoms. The van der Waals surface area contributed by atoms with E-state index >= 15 is 0 Å². The molecular weight excluding hydrogens is 217 g/mol. The Hall–Kier alpha value is -0.560. The Morgan fingerprint density at radius 1 is 1.36 bits per heavy atom. The Balaban J connectivity index is 2.62. The van der Waals surface area contributed by atoms with Crippen molar-refractivity contribution in [3.8, 4) is 0 Å². The number of piperidine rings is 1. The first-order valence-electron chi connectivity index (χ1n) is 4.10. The molecule has 0 unspecified atom stereocenters. The summed E-state index contributed by atoms with van der Waals surface area (Å²) in [6.07, 6.45) is -5.34. The molecule has 1 aliphatic rings. The normalized spacial score (nSPS) is 22.1. The number of likely N-dealkylation sites (tertiary alicyclic amines) is 1. The quantitative estimate of drug-likeness (QED) is 0.597. The highest BCUT2D eigenvalue weighted by molar-refractivity contribution is 7.80. The Morgan fingerprint density at radius 3 is 2.07 bits per heavy atom. The smallest absolute Gasteiger partial charge is 0.380 e. The fourth-order valence-electron chi connectivity index (χ4n) is 1.38. The van der Waals surface area contributed by atoms with E-state index in [9.17, 15) is 18.3 Å². The molecule has 0 radical (unpaired) electrons. The van der Waals surface area contributed by atoms with Gasteiger partial charge in [-0.05, 0) is 12.2 Å². The molecule has 0 spiro atoms. The summed E-state index contributed by atoms with van der Waals surface area (Å²) >= 11 is 4.62. The Kier molecular flexibility index (Phi) is 2.91. The molecule has 82 valence electrons. The number of nitrogens with zero attached hydrogens (tertiary/aromatic N) is 1. The lowest BCUT2D eigenvalue weighted by molar-refractivity contribution is -0.270. The van der Waals surface area contributed by atoms with Crippen LogP contribution in [0.1, 0.15) is 12.8 Å². The van der Waals surface area contributed by atoms with E-state index in [-0.39, 0.29) is 31.0 Å². The lowest BCUT2D eigenvalue weighted by Crippen LogP contribution is -2.55. The van der Waals surface area contributed by atoms with Gasteiger partial charge in [-0.2, -0.15) is 13.2 Å². The van der Waals surface area contributed by atoms with Crippen LogP contribution >= 0.6 is 12.2 Å². The molecule has 1 heterocycles. The van der Waals surface area contributed by atoms with Gasteiger partial charge >= 0.3 is 6.18 Å². The molecule has 14 heavy (non-hydrogen) atoms. The van der Waals surface area contributed by atoms with E-state index in [2.05, 4.69) is 12.2 Å². The molecule has 0 aliphatic carbocycles. The van der Waals surface area contributed by atoms with Gasteiger partial charge < -0.3 is 15.7 Å². The highest BCUT2D eigenvalue weighted by Crippen LogP contribution is 2.38. The van der Waals surface area contributed by atoms with E-state index in [4.69, 9.17) is 5.73 Å². The molecule has 0 saturated carbocycles. The summed E-state index contributed by atoms with van der Waals surface area (Å²) in [5, 5.41) is 9.35. The summed E-state index contributed by atoms with van der Waals surface area (Å²) in [4.78, 5) is 1.45. The summed E-state index contributed by atoms with van der Waals surface area (Å²) in [6, 6.07) is 0. The summed E-state index contributed by atoms with van der Waals surface area (Å²) in [5.74, 6) is 0. The van der Waals surface area contributed by atoms with Crippen LogP contribution in [0.25, 0.3) is 0 Å². The van der Waals surface area contributed by atoms with Gasteiger partial charge in [-0.15, -0.1) is 0 Å². The predicted octanol–water partition coefficient (Wildman–Crippen LogP) is 0.619. The molecule has 0 atom stereocenters. The van der Waals surface area contributed by atoms with E-state index in [1.165, 1.54) is 4.90 Å². The molecule has 1 fully saturated rings. The van der Waals surface area contributed by atoms with Gasteiger partial charge in [-0.25, -0.2) is 0 Å². The number of halogens is 3. The minimum absolute atomic E-state index is 0.0470. The Labute approximate surface area is 84.7 Å². The molecule has 3 nitrogen and oxygen atoms in total. The lowest BCUT2D eigenvalue weighted by Gasteiger charge is -2.39. The second-order valence-corrected chi connectivity index (χ2v) is 3.77. The van der Waals surface area contributed by atoms with E-state index in [0.717, 1.165) is 0 Å². The Morgan fingerprint density at radius 2 is 1.79 bits per heavy atom. The summed E-state index contributed by atoms with van der Waals surface area (Å²) in [5.41, 5.74) is 2.68. The van der Waals surface area contributed by atoms with E-state index < -0.39 is 11.8 Å². The van der Waals surface area contributed by atoms with E-state index in [1.807, 2.05) is 0 Å². The van der Waals surface area contributed by atoms with Gasteiger partial charge in [0.15, 0.2) is 10.7 Å². The van der Waals surface area contributed by atoms with Crippen molar-refractivity contribution in [1.82, 2.24) is 4.90 Å². The average molecular weight is 228 g/mol. The number of hydrogen-bond donors (Lipinski definition) is 2. The van der Waals surface area contributed by atoms with Crippen LogP contribution in [0.4, 0.5) is 13.2 Å². The van der Waals surface area contributed by atoms with Crippen molar-refractivity contribution in [2.24, 2.45) is 5.73 Å². The molecule has 0 aromatic heterocycles. The zero-order chi connectivity index (χ0) is 11.0. The summed E-state index contributed by atoms with van der Waals surface area (Å²) in [7, 11) is 0. The van der Waals surface area contributed by atoms with Crippen LogP contribution in [0.15, 0.2) is 0 Å². The third-order valence-corrected chi connectivity index (χ3v) is 2.69. The van der Waals surface area contributed by atoms with Crippen molar-refractivity contribution in [3.63, 3.8) is 0 Å². The van der Waals surface area contributed by atoms with Gasteiger partial charge in [-0.3, -0.25) is 0 Å². The van der Waals surface area contributed by atoms with Crippen molar-refractivity contribution in [2.45, 2.75) is 24.6 Å². The molecule has 0 amide bonds. The van der Waals surface area contributed by atoms with Crippen molar-refractivity contribution in [3.05, 3.63) is 0 Å². The number of hydrogen-bond acceptors (Lipinski definition) is 2. The number of nitrogens with two attached hydrogens (primary N) is 1. The summed E-state index contributed by atoms with van der Waals surface area (Å²) < 4.78 is 37.0. The van der Waals surface area contributed by atoms with Gasteiger partial charge in [0.1, 0.15) is 0 Å². The fourth-order valence-corrected chi connectivity index (χ4v) is 1.56.